The predicted molar refractivity (Wildman–Crippen MR) is 139 cm³/mol. The molecule has 0 saturated carbocycles. The fraction of sp³-hybridized carbons (Fsp3) is 0.222. The van der Waals surface area contributed by atoms with E-state index in [-0.39, 0.29) is 10.9 Å². The molecule has 0 aliphatic rings. The van der Waals surface area contributed by atoms with Crippen molar-refractivity contribution >= 4 is 27.0 Å². The molecule has 188 valence electrons. The Morgan fingerprint density at radius 3 is 2.31 bits per heavy atom. The zero-order chi connectivity index (χ0) is 25.7. The van der Waals surface area contributed by atoms with E-state index in [0.29, 0.717) is 36.5 Å². The highest BCUT2D eigenvalue weighted by Crippen LogP contribution is 2.27. The molecule has 1 heterocycles. The van der Waals surface area contributed by atoms with E-state index in [0.717, 1.165) is 22.1 Å². The number of ether oxygens (including phenoxy) is 2. The lowest BCUT2D eigenvalue weighted by Crippen LogP contribution is -2.36. The van der Waals surface area contributed by atoms with E-state index in [1.807, 2.05) is 37.3 Å². The van der Waals surface area contributed by atoms with Gasteiger partial charge in [-0.3, -0.25) is 0 Å². The van der Waals surface area contributed by atoms with E-state index in [1.165, 1.54) is 3.97 Å². The number of carbonyl (C=O) groups excluding carboxylic acids is 1. The average molecular weight is 508 g/mol. The number of aryl methyl sites for hydroxylation is 1. The van der Waals surface area contributed by atoms with Crippen LogP contribution in [0.1, 0.15) is 16.7 Å². The van der Waals surface area contributed by atoms with Crippen molar-refractivity contribution in [3.8, 4) is 11.5 Å². The van der Waals surface area contributed by atoms with E-state index in [2.05, 4.69) is 10.6 Å². The Morgan fingerprint density at radius 2 is 1.58 bits per heavy atom. The summed E-state index contributed by atoms with van der Waals surface area (Å²) < 4.78 is 38.2. The highest BCUT2D eigenvalue weighted by atomic mass is 32.2. The summed E-state index contributed by atoms with van der Waals surface area (Å²) in [4.78, 5) is 12.5. The molecule has 0 fully saturated rings. The van der Waals surface area contributed by atoms with Crippen LogP contribution in [0.2, 0.25) is 0 Å². The summed E-state index contributed by atoms with van der Waals surface area (Å²) in [6.45, 7) is 2.65. The number of amides is 2. The largest absolute Gasteiger partial charge is 0.493 e. The highest BCUT2D eigenvalue weighted by Gasteiger charge is 2.19. The first-order valence-electron chi connectivity index (χ1n) is 11.5. The summed E-state index contributed by atoms with van der Waals surface area (Å²) in [5, 5.41) is 6.49. The van der Waals surface area contributed by atoms with Crippen molar-refractivity contribution in [3.63, 3.8) is 0 Å². The molecule has 3 aromatic carbocycles. The lowest BCUT2D eigenvalue weighted by Gasteiger charge is -2.11. The molecule has 0 aliphatic carbocycles. The normalized spacial score (nSPS) is 11.3. The van der Waals surface area contributed by atoms with Crippen molar-refractivity contribution in [1.29, 1.82) is 0 Å². The average Bonchev–Trinajstić information content (AvgIpc) is 3.32. The summed E-state index contributed by atoms with van der Waals surface area (Å²) in [7, 11) is -0.579. The van der Waals surface area contributed by atoms with Gasteiger partial charge < -0.3 is 20.1 Å². The van der Waals surface area contributed by atoms with Crippen molar-refractivity contribution in [1.82, 2.24) is 14.6 Å². The molecule has 0 atom stereocenters. The Hall–Kier alpha value is -3.98. The van der Waals surface area contributed by atoms with Crippen LogP contribution in [0, 0.1) is 6.92 Å². The standard InChI is InChI=1S/C27H29N3O5S/c1-19-4-9-23(10-5-19)36(32,33)30-15-13-22-8-6-20(16-24(22)30)12-14-28-27(31)29-18-21-7-11-25(34-2)26(17-21)35-3/h4-11,13,15-17H,12,14,18H2,1-3H3,(H2,28,29,31). The quantitative estimate of drug-likeness (QED) is 0.353. The van der Waals surface area contributed by atoms with Crippen LogP contribution in [-0.2, 0) is 23.0 Å². The van der Waals surface area contributed by atoms with Crippen molar-refractivity contribution in [2.75, 3.05) is 20.8 Å². The molecular weight excluding hydrogens is 478 g/mol. The van der Waals surface area contributed by atoms with Gasteiger partial charge in [-0.05, 0) is 60.9 Å². The summed E-state index contributed by atoms with van der Waals surface area (Å²) in [6.07, 6.45) is 2.12. The van der Waals surface area contributed by atoms with Crippen LogP contribution in [-0.4, -0.2) is 39.2 Å². The third kappa shape index (κ3) is 5.46. The lowest BCUT2D eigenvalue weighted by atomic mass is 10.1. The van der Waals surface area contributed by atoms with Crippen molar-refractivity contribution in [2.45, 2.75) is 24.8 Å². The number of carbonyl (C=O) groups is 1. The Morgan fingerprint density at radius 1 is 0.861 bits per heavy atom. The Balaban J connectivity index is 1.37. The van der Waals surface area contributed by atoms with Crippen LogP contribution < -0.4 is 20.1 Å². The van der Waals surface area contributed by atoms with E-state index in [4.69, 9.17) is 9.47 Å². The molecule has 0 unspecified atom stereocenters. The second-order valence-electron chi connectivity index (χ2n) is 8.37. The van der Waals surface area contributed by atoms with Crippen LogP contribution in [0.4, 0.5) is 4.79 Å². The number of benzene rings is 3. The van der Waals surface area contributed by atoms with E-state index < -0.39 is 10.0 Å². The molecule has 4 aromatic rings. The topological polar surface area (TPSA) is 98.7 Å². The van der Waals surface area contributed by atoms with Crippen LogP contribution in [0.5, 0.6) is 11.5 Å². The van der Waals surface area contributed by atoms with Gasteiger partial charge in [-0.2, -0.15) is 0 Å². The Labute approximate surface area is 210 Å². The zero-order valence-electron chi connectivity index (χ0n) is 20.4. The molecule has 0 aliphatic heterocycles. The predicted octanol–water partition coefficient (Wildman–Crippen LogP) is 4.25. The second kappa shape index (κ2) is 10.7. The Bertz CT molecular complexity index is 1480. The van der Waals surface area contributed by atoms with Gasteiger partial charge in [0, 0.05) is 24.7 Å². The minimum absolute atomic E-state index is 0.240. The summed E-state index contributed by atoms with van der Waals surface area (Å²) >= 11 is 0. The number of hydrogen-bond donors (Lipinski definition) is 2. The number of rotatable bonds is 9. The molecule has 0 radical (unpaired) electrons. The first kappa shape index (κ1) is 25.1. The van der Waals surface area contributed by atoms with Gasteiger partial charge >= 0.3 is 6.03 Å². The van der Waals surface area contributed by atoms with Crippen LogP contribution >= 0.6 is 0 Å². The van der Waals surface area contributed by atoms with Gasteiger partial charge in [-0.25, -0.2) is 17.2 Å². The van der Waals surface area contributed by atoms with E-state index in [1.54, 1.807) is 56.8 Å². The fourth-order valence-corrected chi connectivity index (χ4v) is 5.24. The zero-order valence-corrected chi connectivity index (χ0v) is 21.3. The summed E-state index contributed by atoms with van der Waals surface area (Å²) in [5.74, 6) is 1.22. The molecule has 8 nitrogen and oxygen atoms in total. The first-order chi connectivity index (χ1) is 17.3. The summed E-state index contributed by atoms with van der Waals surface area (Å²) in [5.41, 5.74) is 3.39. The molecule has 0 bridgehead atoms. The van der Waals surface area contributed by atoms with Crippen molar-refractivity contribution in [2.24, 2.45) is 0 Å². The third-order valence-corrected chi connectivity index (χ3v) is 7.60. The molecular formula is C27H29N3O5S. The van der Waals surface area contributed by atoms with Gasteiger partial charge in [0.1, 0.15) is 0 Å². The molecule has 2 amide bonds. The molecule has 1 aromatic heterocycles. The van der Waals surface area contributed by atoms with Gasteiger partial charge in [-0.1, -0.05) is 35.9 Å². The van der Waals surface area contributed by atoms with E-state index in [9.17, 15) is 13.2 Å². The van der Waals surface area contributed by atoms with Crippen LogP contribution in [0.3, 0.4) is 0 Å². The van der Waals surface area contributed by atoms with Crippen LogP contribution in [0.25, 0.3) is 10.9 Å². The first-order valence-corrected chi connectivity index (χ1v) is 12.9. The number of hydrogen-bond acceptors (Lipinski definition) is 5. The van der Waals surface area contributed by atoms with Crippen molar-refractivity contribution in [3.05, 3.63) is 89.6 Å². The minimum atomic E-state index is -3.71. The van der Waals surface area contributed by atoms with Crippen molar-refractivity contribution < 1.29 is 22.7 Å². The number of methoxy groups -OCH3 is 2. The Kier molecular flexibility index (Phi) is 7.49. The molecule has 2 N–H and O–H groups in total. The molecule has 36 heavy (non-hydrogen) atoms. The van der Waals surface area contributed by atoms with E-state index >= 15 is 0 Å². The lowest BCUT2D eigenvalue weighted by molar-refractivity contribution is 0.240. The number of fused-ring (bicyclic) bond motifs is 1. The maximum atomic E-state index is 13.2. The fourth-order valence-electron chi connectivity index (χ4n) is 3.89. The van der Waals surface area contributed by atoms with Crippen LogP contribution in [0.15, 0.2) is 77.8 Å². The van der Waals surface area contributed by atoms with Gasteiger partial charge in [0.25, 0.3) is 10.0 Å². The maximum absolute atomic E-state index is 13.2. The number of urea groups is 1. The molecule has 0 saturated heterocycles. The maximum Gasteiger partial charge on any atom is 0.315 e. The highest BCUT2D eigenvalue weighted by molar-refractivity contribution is 7.90. The minimum Gasteiger partial charge on any atom is -0.493 e. The van der Waals surface area contributed by atoms with Gasteiger partial charge in [0.05, 0.1) is 24.6 Å². The van der Waals surface area contributed by atoms with Gasteiger partial charge in [-0.15, -0.1) is 0 Å². The molecule has 9 heteroatoms. The number of aromatic nitrogens is 1. The number of nitrogens with zero attached hydrogens (tertiary/aromatic N) is 1. The molecule has 0 spiro atoms. The number of nitrogens with one attached hydrogen (secondary N) is 2. The second-order valence-corrected chi connectivity index (χ2v) is 10.2. The monoisotopic (exact) mass is 507 g/mol. The summed E-state index contributed by atoms with van der Waals surface area (Å²) in [6, 6.07) is 19.4. The third-order valence-electron chi connectivity index (χ3n) is 5.90. The van der Waals surface area contributed by atoms with Gasteiger partial charge in [0.2, 0.25) is 0 Å². The van der Waals surface area contributed by atoms with Gasteiger partial charge in [0.15, 0.2) is 11.5 Å². The SMILES string of the molecule is COc1ccc(CNC(=O)NCCc2ccc3ccn(S(=O)(=O)c4ccc(C)cc4)c3c2)cc1OC. The molecule has 4 rings (SSSR count). The smallest absolute Gasteiger partial charge is 0.315 e.